The fourth-order valence-electron chi connectivity index (χ4n) is 3.22. The van der Waals surface area contributed by atoms with Gasteiger partial charge in [-0.25, -0.2) is 0 Å². The molecule has 0 radical (unpaired) electrons. The molecule has 1 heterocycles. The quantitative estimate of drug-likeness (QED) is 0.654. The highest BCUT2D eigenvalue weighted by Crippen LogP contribution is 2.19. The fourth-order valence-corrected chi connectivity index (χ4v) is 3.22. The number of ether oxygens (including phenoxy) is 1. The fraction of sp³-hybridized carbons (Fsp3) is 0.550. The molecule has 148 valence electrons. The first kappa shape index (κ1) is 20.9. The summed E-state index contributed by atoms with van der Waals surface area (Å²) in [5.74, 6) is -0.673. The lowest BCUT2D eigenvalue weighted by Gasteiger charge is -2.32. The number of nitrogens with two attached hydrogens (primary N) is 1. The molecule has 2 rings (SSSR count). The predicted molar refractivity (Wildman–Crippen MR) is 101 cm³/mol. The molecule has 1 aromatic carbocycles. The molecule has 0 bridgehead atoms. The van der Waals surface area contributed by atoms with Crippen molar-refractivity contribution in [2.24, 2.45) is 11.7 Å². The Labute approximate surface area is 160 Å². The van der Waals surface area contributed by atoms with Crippen LogP contribution in [0.25, 0.3) is 0 Å². The zero-order valence-corrected chi connectivity index (χ0v) is 15.9. The number of esters is 1. The first-order valence-electron chi connectivity index (χ1n) is 9.48. The van der Waals surface area contributed by atoms with Crippen molar-refractivity contribution in [3.05, 3.63) is 35.9 Å². The van der Waals surface area contributed by atoms with Crippen LogP contribution in [0, 0.1) is 5.92 Å². The van der Waals surface area contributed by atoms with Gasteiger partial charge in [0.05, 0.1) is 19.1 Å². The van der Waals surface area contributed by atoms with E-state index in [0.717, 1.165) is 5.56 Å². The summed E-state index contributed by atoms with van der Waals surface area (Å²) in [5, 5.41) is 0. The Bertz CT molecular complexity index is 627. The summed E-state index contributed by atoms with van der Waals surface area (Å²) in [7, 11) is 0. The Morgan fingerprint density at radius 1 is 1.19 bits per heavy atom. The number of piperidine rings is 1. The number of amides is 2. The van der Waals surface area contributed by atoms with E-state index in [2.05, 4.69) is 4.90 Å². The van der Waals surface area contributed by atoms with Gasteiger partial charge in [-0.2, -0.15) is 0 Å². The Hall–Kier alpha value is -2.41. The van der Waals surface area contributed by atoms with Crippen molar-refractivity contribution in [2.75, 3.05) is 32.8 Å². The Morgan fingerprint density at radius 2 is 1.85 bits per heavy atom. The van der Waals surface area contributed by atoms with E-state index in [1.165, 1.54) is 0 Å². The van der Waals surface area contributed by atoms with E-state index in [9.17, 15) is 14.4 Å². The van der Waals surface area contributed by atoms with E-state index in [0.29, 0.717) is 45.6 Å². The smallest absolute Gasteiger partial charge is 0.309 e. The highest BCUT2D eigenvalue weighted by atomic mass is 16.5. The Kier molecular flexibility index (Phi) is 8.26. The Balaban J connectivity index is 1.89. The molecule has 1 aromatic rings. The van der Waals surface area contributed by atoms with Crippen LogP contribution in [-0.2, 0) is 25.7 Å². The van der Waals surface area contributed by atoms with Gasteiger partial charge in [-0.1, -0.05) is 30.3 Å². The van der Waals surface area contributed by atoms with E-state index in [1.54, 1.807) is 11.8 Å². The molecule has 0 saturated carbocycles. The molecule has 1 aliphatic rings. The third-order valence-electron chi connectivity index (χ3n) is 4.76. The Morgan fingerprint density at radius 3 is 2.44 bits per heavy atom. The highest BCUT2D eigenvalue weighted by molar-refractivity contribution is 5.80. The molecule has 27 heavy (non-hydrogen) atoms. The van der Waals surface area contributed by atoms with E-state index < -0.39 is 5.91 Å². The van der Waals surface area contributed by atoms with Crippen molar-refractivity contribution in [3.63, 3.8) is 0 Å². The average molecular weight is 375 g/mol. The molecule has 2 amide bonds. The molecule has 0 aromatic heterocycles. The van der Waals surface area contributed by atoms with Crippen LogP contribution in [0.4, 0.5) is 0 Å². The summed E-state index contributed by atoms with van der Waals surface area (Å²) in [4.78, 5) is 39.5. The van der Waals surface area contributed by atoms with Crippen LogP contribution in [0.15, 0.2) is 30.3 Å². The molecule has 2 N–H and O–H groups in total. The van der Waals surface area contributed by atoms with Crippen molar-refractivity contribution in [2.45, 2.75) is 32.7 Å². The molecule has 7 heteroatoms. The third-order valence-corrected chi connectivity index (χ3v) is 4.76. The van der Waals surface area contributed by atoms with Gasteiger partial charge in [0.25, 0.3) is 0 Å². The second-order valence-electron chi connectivity index (χ2n) is 6.82. The molecule has 0 spiro atoms. The third kappa shape index (κ3) is 7.02. The average Bonchev–Trinajstić information content (AvgIpc) is 2.66. The SMILES string of the molecule is CCOC(=O)C1CCN(CC(=O)N(CCC(N)=O)Cc2ccccc2)CC1. The second kappa shape index (κ2) is 10.7. The van der Waals surface area contributed by atoms with E-state index in [4.69, 9.17) is 10.5 Å². The minimum absolute atomic E-state index is 0.0327. The van der Waals surface area contributed by atoms with Gasteiger partial charge in [-0.3, -0.25) is 19.3 Å². The van der Waals surface area contributed by atoms with Crippen molar-refractivity contribution < 1.29 is 19.1 Å². The second-order valence-corrected chi connectivity index (χ2v) is 6.82. The zero-order chi connectivity index (χ0) is 19.6. The molecule has 7 nitrogen and oxygen atoms in total. The molecular formula is C20H29N3O4. The largest absolute Gasteiger partial charge is 0.466 e. The van der Waals surface area contributed by atoms with Gasteiger partial charge in [0, 0.05) is 19.5 Å². The summed E-state index contributed by atoms with van der Waals surface area (Å²) in [6, 6.07) is 9.68. The number of likely N-dealkylation sites (tertiary alicyclic amines) is 1. The molecule has 1 saturated heterocycles. The topological polar surface area (TPSA) is 92.9 Å². The van der Waals surface area contributed by atoms with Gasteiger partial charge in [0.1, 0.15) is 0 Å². The number of benzene rings is 1. The van der Waals surface area contributed by atoms with Crippen molar-refractivity contribution in [3.8, 4) is 0 Å². The van der Waals surface area contributed by atoms with Gasteiger partial charge in [0.15, 0.2) is 0 Å². The van der Waals surface area contributed by atoms with Crippen LogP contribution in [0.3, 0.4) is 0 Å². The normalized spacial score (nSPS) is 15.3. The first-order valence-corrected chi connectivity index (χ1v) is 9.48. The number of primary amides is 1. The molecular weight excluding hydrogens is 346 g/mol. The summed E-state index contributed by atoms with van der Waals surface area (Å²) >= 11 is 0. The van der Waals surface area contributed by atoms with Gasteiger partial charge in [0.2, 0.25) is 11.8 Å². The van der Waals surface area contributed by atoms with Crippen molar-refractivity contribution in [1.29, 1.82) is 0 Å². The van der Waals surface area contributed by atoms with E-state index in [1.807, 2.05) is 30.3 Å². The zero-order valence-electron chi connectivity index (χ0n) is 15.9. The molecule has 1 fully saturated rings. The van der Waals surface area contributed by atoms with Crippen LogP contribution < -0.4 is 5.73 Å². The predicted octanol–water partition coefficient (Wildman–Crippen LogP) is 1.17. The lowest BCUT2D eigenvalue weighted by atomic mass is 9.97. The lowest BCUT2D eigenvalue weighted by molar-refractivity contribution is -0.149. The monoisotopic (exact) mass is 375 g/mol. The minimum Gasteiger partial charge on any atom is -0.466 e. The van der Waals surface area contributed by atoms with Gasteiger partial charge in [-0.15, -0.1) is 0 Å². The standard InChI is InChI=1S/C20H29N3O4/c1-2-27-20(26)17-8-11-22(12-9-17)15-19(25)23(13-10-18(21)24)14-16-6-4-3-5-7-16/h3-7,17H,2,8-15H2,1H3,(H2,21,24). The molecule has 0 aliphatic carbocycles. The number of hydrogen-bond acceptors (Lipinski definition) is 5. The molecule has 0 unspecified atom stereocenters. The van der Waals surface area contributed by atoms with Gasteiger partial charge < -0.3 is 15.4 Å². The summed E-state index contributed by atoms with van der Waals surface area (Å²) in [5.41, 5.74) is 6.27. The van der Waals surface area contributed by atoms with Gasteiger partial charge in [-0.05, 0) is 38.4 Å². The maximum atomic E-state index is 12.8. The van der Waals surface area contributed by atoms with Crippen molar-refractivity contribution >= 4 is 17.8 Å². The number of carbonyl (C=O) groups is 3. The summed E-state index contributed by atoms with van der Waals surface area (Å²) in [6.07, 6.45) is 1.54. The van der Waals surface area contributed by atoms with Crippen LogP contribution >= 0.6 is 0 Å². The number of rotatable bonds is 9. The van der Waals surface area contributed by atoms with Crippen molar-refractivity contribution in [1.82, 2.24) is 9.80 Å². The van der Waals surface area contributed by atoms with E-state index >= 15 is 0 Å². The number of nitrogens with zero attached hydrogens (tertiary/aromatic N) is 2. The minimum atomic E-state index is -0.420. The van der Waals surface area contributed by atoms with E-state index in [-0.39, 0.29) is 30.8 Å². The number of carbonyl (C=O) groups excluding carboxylic acids is 3. The maximum Gasteiger partial charge on any atom is 0.309 e. The van der Waals surface area contributed by atoms with Gasteiger partial charge >= 0.3 is 5.97 Å². The van der Waals surface area contributed by atoms with Crippen LogP contribution in [-0.4, -0.2) is 60.4 Å². The maximum absolute atomic E-state index is 12.8. The van der Waals surface area contributed by atoms with Crippen LogP contribution in [0.5, 0.6) is 0 Å². The summed E-state index contributed by atoms with van der Waals surface area (Å²) in [6.45, 7) is 4.61. The van der Waals surface area contributed by atoms with Crippen LogP contribution in [0.2, 0.25) is 0 Å². The molecule has 1 aliphatic heterocycles. The lowest BCUT2D eigenvalue weighted by Crippen LogP contribution is -2.45. The van der Waals surface area contributed by atoms with Crippen LogP contribution in [0.1, 0.15) is 31.7 Å². The molecule has 0 atom stereocenters. The summed E-state index contributed by atoms with van der Waals surface area (Å²) < 4.78 is 5.08. The first-order chi connectivity index (χ1) is 13.0. The highest BCUT2D eigenvalue weighted by Gasteiger charge is 2.27. The number of hydrogen-bond donors (Lipinski definition) is 1.